The summed E-state index contributed by atoms with van der Waals surface area (Å²) < 4.78 is 17.6. The van der Waals surface area contributed by atoms with E-state index in [1.807, 2.05) is 48.5 Å². The van der Waals surface area contributed by atoms with Crippen molar-refractivity contribution >= 4 is 11.8 Å². The molecule has 5 rings (SSSR count). The van der Waals surface area contributed by atoms with Crippen LogP contribution in [0, 0.1) is 5.92 Å². The minimum atomic E-state index is -0.688. The molecule has 2 atom stereocenters. The molecule has 0 spiro atoms. The molecular weight excluding hydrogens is 454 g/mol. The molecule has 0 aromatic heterocycles. The number of ether oxygens (including phenoxy) is 3. The van der Waals surface area contributed by atoms with Gasteiger partial charge in [0.2, 0.25) is 0 Å². The minimum Gasteiger partial charge on any atom is -0.493 e. The number of ketones is 1. The van der Waals surface area contributed by atoms with E-state index in [0.717, 1.165) is 55.3 Å². The predicted molar refractivity (Wildman–Crippen MR) is 137 cm³/mol. The van der Waals surface area contributed by atoms with Gasteiger partial charge in [-0.3, -0.25) is 9.59 Å². The summed E-state index contributed by atoms with van der Waals surface area (Å²) in [6.45, 7) is 4.60. The molecule has 2 aliphatic carbocycles. The van der Waals surface area contributed by atoms with E-state index in [0.29, 0.717) is 35.8 Å². The lowest BCUT2D eigenvalue weighted by Crippen LogP contribution is -2.41. The van der Waals surface area contributed by atoms with Crippen LogP contribution in [0.25, 0.3) is 0 Å². The van der Waals surface area contributed by atoms with E-state index in [2.05, 4.69) is 11.9 Å². The van der Waals surface area contributed by atoms with Gasteiger partial charge in [0.1, 0.15) is 18.6 Å². The van der Waals surface area contributed by atoms with E-state index in [4.69, 9.17) is 14.2 Å². The van der Waals surface area contributed by atoms with Crippen molar-refractivity contribution in [2.45, 2.75) is 63.6 Å². The van der Waals surface area contributed by atoms with Crippen LogP contribution in [0.3, 0.4) is 0 Å². The fraction of sp³-hybridized carbons (Fsp3) is 0.400. The molecule has 0 saturated heterocycles. The van der Waals surface area contributed by atoms with Gasteiger partial charge in [-0.05, 0) is 61.8 Å². The Balaban J connectivity index is 1.49. The highest BCUT2D eigenvalue weighted by molar-refractivity contribution is 6.00. The van der Waals surface area contributed by atoms with Crippen molar-refractivity contribution in [1.29, 1.82) is 0 Å². The van der Waals surface area contributed by atoms with Gasteiger partial charge in [0, 0.05) is 29.3 Å². The zero-order valence-electron chi connectivity index (χ0n) is 20.8. The molecule has 6 nitrogen and oxygen atoms in total. The van der Waals surface area contributed by atoms with Gasteiger partial charge in [0.25, 0.3) is 0 Å². The van der Waals surface area contributed by atoms with Crippen LogP contribution in [-0.4, -0.2) is 25.0 Å². The molecule has 3 aliphatic rings. The Morgan fingerprint density at radius 1 is 1.03 bits per heavy atom. The van der Waals surface area contributed by atoms with Gasteiger partial charge in [-0.2, -0.15) is 0 Å². The summed E-state index contributed by atoms with van der Waals surface area (Å²) >= 11 is 0. The molecule has 1 fully saturated rings. The minimum absolute atomic E-state index is 0.0633. The van der Waals surface area contributed by atoms with Gasteiger partial charge in [-0.15, -0.1) is 0 Å². The molecule has 1 N–H and O–H groups in total. The van der Waals surface area contributed by atoms with Crippen molar-refractivity contribution in [2.24, 2.45) is 5.92 Å². The van der Waals surface area contributed by atoms with Crippen LogP contribution in [0.2, 0.25) is 0 Å². The van der Waals surface area contributed by atoms with E-state index in [-0.39, 0.29) is 17.9 Å². The van der Waals surface area contributed by atoms with Crippen LogP contribution in [0.4, 0.5) is 0 Å². The second-order valence-electron chi connectivity index (χ2n) is 9.80. The van der Waals surface area contributed by atoms with Gasteiger partial charge in [0.15, 0.2) is 17.3 Å². The normalized spacial score (nSPS) is 22.1. The van der Waals surface area contributed by atoms with Crippen molar-refractivity contribution in [2.75, 3.05) is 7.11 Å². The zero-order valence-corrected chi connectivity index (χ0v) is 20.8. The Morgan fingerprint density at radius 3 is 2.56 bits per heavy atom. The lowest BCUT2D eigenvalue weighted by molar-refractivity contribution is -0.153. The molecule has 188 valence electrons. The van der Waals surface area contributed by atoms with E-state index < -0.39 is 11.8 Å². The van der Waals surface area contributed by atoms with Crippen LogP contribution in [-0.2, 0) is 20.9 Å². The van der Waals surface area contributed by atoms with Crippen LogP contribution in [0.5, 0.6) is 11.5 Å². The second-order valence-corrected chi connectivity index (χ2v) is 9.80. The predicted octanol–water partition coefficient (Wildman–Crippen LogP) is 5.58. The number of nitrogens with one attached hydrogen (secondary N) is 1. The van der Waals surface area contributed by atoms with Gasteiger partial charge in [0.05, 0.1) is 7.11 Å². The first kappa shape index (κ1) is 24.2. The molecule has 6 heteroatoms. The molecule has 0 amide bonds. The number of rotatable bonds is 7. The third-order valence-corrected chi connectivity index (χ3v) is 7.41. The maximum atomic E-state index is 13.5. The first-order valence-electron chi connectivity index (χ1n) is 12.8. The van der Waals surface area contributed by atoms with Crippen LogP contribution < -0.4 is 14.8 Å². The fourth-order valence-electron chi connectivity index (χ4n) is 5.61. The van der Waals surface area contributed by atoms with Gasteiger partial charge < -0.3 is 19.5 Å². The molecule has 1 aliphatic heterocycles. The summed E-state index contributed by atoms with van der Waals surface area (Å²) in [5, 5.41) is 3.29. The smallest absolute Gasteiger partial charge is 0.316 e. The third-order valence-electron chi connectivity index (χ3n) is 7.41. The quantitative estimate of drug-likeness (QED) is 0.514. The lowest BCUT2D eigenvalue weighted by Gasteiger charge is -2.38. The second kappa shape index (κ2) is 10.6. The standard InChI is InChI=1S/C30H33NO5/c1-19-27(30(33)36-22-11-6-7-12-22)28(29-23(31-19)13-8-14-24(29)32)21-15-16-25(26(17-21)34-2)35-18-20-9-4-3-5-10-20/h3-5,9-10,15-17,22,27-28,31H,1,6-8,11-14,18H2,2H3. The Bertz CT molecular complexity index is 1180. The first-order chi connectivity index (χ1) is 17.5. The van der Waals surface area contributed by atoms with E-state index >= 15 is 0 Å². The molecular formula is C30H33NO5. The molecule has 1 saturated carbocycles. The molecule has 2 unspecified atom stereocenters. The highest BCUT2D eigenvalue weighted by Crippen LogP contribution is 2.46. The lowest BCUT2D eigenvalue weighted by atomic mass is 9.71. The number of methoxy groups -OCH3 is 1. The molecule has 0 radical (unpaired) electrons. The van der Waals surface area contributed by atoms with Gasteiger partial charge in [-0.1, -0.05) is 43.0 Å². The van der Waals surface area contributed by atoms with Gasteiger partial charge in [-0.25, -0.2) is 0 Å². The van der Waals surface area contributed by atoms with Crippen LogP contribution >= 0.6 is 0 Å². The first-order valence-corrected chi connectivity index (χ1v) is 12.8. The fourth-order valence-corrected chi connectivity index (χ4v) is 5.61. The molecule has 0 bridgehead atoms. The van der Waals surface area contributed by atoms with Crippen molar-refractivity contribution in [1.82, 2.24) is 5.32 Å². The molecule has 2 aromatic carbocycles. The number of allylic oxidation sites excluding steroid dienone is 2. The van der Waals surface area contributed by atoms with Crippen molar-refractivity contribution < 1.29 is 23.8 Å². The average molecular weight is 488 g/mol. The van der Waals surface area contributed by atoms with Crippen molar-refractivity contribution in [3.63, 3.8) is 0 Å². The third kappa shape index (κ3) is 4.90. The number of benzene rings is 2. The maximum Gasteiger partial charge on any atom is 0.316 e. The Kier molecular flexibility index (Phi) is 7.12. The molecule has 2 aromatic rings. The summed E-state index contributed by atoms with van der Waals surface area (Å²) in [6.07, 6.45) is 5.87. The number of carbonyl (C=O) groups excluding carboxylic acids is 2. The number of Topliss-reactive ketones (excluding diaryl/α,β-unsaturated/α-hetero) is 1. The summed E-state index contributed by atoms with van der Waals surface area (Å²) in [7, 11) is 1.60. The average Bonchev–Trinajstić information content (AvgIpc) is 3.40. The maximum absolute atomic E-state index is 13.5. The highest BCUT2D eigenvalue weighted by Gasteiger charge is 2.44. The van der Waals surface area contributed by atoms with E-state index in [1.165, 1.54) is 0 Å². The van der Waals surface area contributed by atoms with E-state index in [9.17, 15) is 9.59 Å². The van der Waals surface area contributed by atoms with Gasteiger partial charge >= 0.3 is 5.97 Å². The van der Waals surface area contributed by atoms with Crippen LogP contribution in [0.15, 0.2) is 72.1 Å². The number of hydrogen-bond acceptors (Lipinski definition) is 6. The van der Waals surface area contributed by atoms with Crippen LogP contribution in [0.1, 0.15) is 62.0 Å². The summed E-state index contributed by atoms with van der Waals surface area (Å²) in [4.78, 5) is 26.7. The Hall–Kier alpha value is -3.54. The largest absolute Gasteiger partial charge is 0.493 e. The Labute approximate surface area is 212 Å². The highest BCUT2D eigenvalue weighted by atomic mass is 16.5. The summed E-state index contributed by atoms with van der Waals surface area (Å²) in [5.74, 6) is -0.256. The molecule has 1 heterocycles. The number of esters is 1. The number of carbonyl (C=O) groups is 2. The van der Waals surface area contributed by atoms with E-state index in [1.54, 1.807) is 7.11 Å². The SMILES string of the molecule is C=C1NC2=C(C(=O)CCC2)C(c2ccc(OCc3ccccc3)c(OC)c2)C1C(=O)OC1CCCC1. The Morgan fingerprint density at radius 2 is 1.81 bits per heavy atom. The van der Waals surface area contributed by atoms with Crippen molar-refractivity contribution in [3.05, 3.63) is 83.2 Å². The monoisotopic (exact) mass is 487 g/mol. The molecule has 36 heavy (non-hydrogen) atoms. The zero-order chi connectivity index (χ0) is 25.1. The number of hydrogen-bond donors (Lipinski definition) is 1. The summed E-state index contributed by atoms with van der Waals surface area (Å²) in [5.41, 5.74) is 3.99. The van der Waals surface area contributed by atoms with Crippen molar-refractivity contribution in [3.8, 4) is 11.5 Å². The topological polar surface area (TPSA) is 73.9 Å². The summed E-state index contributed by atoms with van der Waals surface area (Å²) in [6, 6.07) is 15.6.